The van der Waals surface area contributed by atoms with Gasteiger partial charge in [-0.25, -0.2) is 4.98 Å². The van der Waals surface area contributed by atoms with Gasteiger partial charge in [0.2, 0.25) is 0 Å². The molecule has 2 N–H and O–H groups in total. The van der Waals surface area contributed by atoms with Crippen molar-refractivity contribution in [2.24, 2.45) is 0 Å². The van der Waals surface area contributed by atoms with Gasteiger partial charge in [-0.1, -0.05) is 24.3 Å². The number of hydrogen-bond donors (Lipinski definition) is 1. The predicted molar refractivity (Wildman–Crippen MR) is 65.0 cm³/mol. The molecular formula is C13H13N3. The van der Waals surface area contributed by atoms with Crippen molar-refractivity contribution < 1.29 is 0 Å². The minimum atomic E-state index is 0.746. The first-order chi connectivity index (χ1) is 7.84. The Hall–Kier alpha value is -2.03. The molecule has 2 heterocycles. The van der Waals surface area contributed by atoms with Gasteiger partial charge in [0.25, 0.3) is 0 Å². The maximum absolute atomic E-state index is 5.93. The summed E-state index contributed by atoms with van der Waals surface area (Å²) in [6, 6.07) is 12.2. The summed E-state index contributed by atoms with van der Waals surface area (Å²) < 4.78 is 0. The molecule has 1 aliphatic rings. The van der Waals surface area contributed by atoms with Crippen molar-refractivity contribution in [3.8, 4) is 0 Å². The van der Waals surface area contributed by atoms with Crippen LogP contribution in [0.1, 0.15) is 11.1 Å². The first-order valence-corrected chi connectivity index (χ1v) is 5.37. The minimum Gasteiger partial charge on any atom is -0.396 e. The van der Waals surface area contributed by atoms with Crippen LogP contribution in [0.2, 0.25) is 0 Å². The Bertz CT molecular complexity index is 497. The molecule has 0 unspecified atom stereocenters. The third-order valence-corrected chi connectivity index (χ3v) is 2.96. The Kier molecular flexibility index (Phi) is 2.03. The van der Waals surface area contributed by atoms with Gasteiger partial charge in [0.1, 0.15) is 0 Å². The van der Waals surface area contributed by atoms with Crippen molar-refractivity contribution in [1.82, 2.24) is 4.98 Å². The second kappa shape index (κ2) is 3.52. The number of nitrogens with two attached hydrogens (primary N) is 1. The van der Waals surface area contributed by atoms with Gasteiger partial charge in [0.15, 0.2) is 5.82 Å². The molecule has 3 nitrogen and oxygen atoms in total. The average molecular weight is 211 g/mol. The van der Waals surface area contributed by atoms with Crippen LogP contribution in [0.3, 0.4) is 0 Å². The van der Waals surface area contributed by atoms with E-state index in [9.17, 15) is 0 Å². The molecule has 3 rings (SSSR count). The van der Waals surface area contributed by atoms with Crippen LogP contribution in [0.4, 0.5) is 11.5 Å². The van der Waals surface area contributed by atoms with E-state index in [1.165, 1.54) is 11.1 Å². The molecule has 16 heavy (non-hydrogen) atoms. The van der Waals surface area contributed by atoms with E-state index in [-0.39, 0.29) is 0 Å². The van der Waals surface area contributed by atoms with Gasteiger partial charge in [0, 0.05) is 19.3 Å². The highest BCUT2D eigenvalue weighted by Crippen LogP contribution is 2.29. The predicted octanol–water partition coefficient (Wildman–Crippen LogP) is 2.18. The summed E-state index contributed by atoms with van der Waals surface area (Å²) in [5.41, 5.74) is 9.41. The zero-order chi connectivity index (χ0) is 11.0. The largest absolute Gasteiger partial charge is 0.396 e. The Morgan fingerprint density at radius 3 is 2.31 bits per heavy atom. The van der Waals surface area contributed by atoms with Crippen molar-refractivity contribution in [2.45, 2.75) is 13.1 Å². The summed E-state index contributed by atoms with van der Waals surface area (Å²) in [4.78, 5) is 6.55. The van der Waals surface area contributed by atoms with E-state index in [1.54, 1.807) is 6.20 Å². The van der Waals surface area contributed by atoms with E-state index < -0.39 is 0 Å². The fourth-order valence-electron chi connectivity index (χ4n) is 2.16. The van der Waals surface area contributed by atoms with E-state index in [0.717, 1.165) is 24.6 Å². The Morgan fingerprint density at radius 2 is 1.69 bits per heavy atom. The van der Waals surface area contributed by atoms with Gasteiger partial charge < -0.3 is 10.6 Å². The third-order valence-electron chi connectivity index (χ3n) is 2.96. The van der Waals surface area contributed by atoms with Crippen molar-refractivity contribution in [3.63, 3.8) is 0 Å². The highest BCUT2D eigenvalue weighted by molar-refractivity contribution is 5.63. The zero-order valence-electron chi connectivity index (χ0n) is 8.93. The molecule has 0 amide bonds. The fraction of sp³-hybridized carbons (Fsp3) is 0.154. The SMILES string of the molecule is Nc1cccnc1N1Cc2ccccc2C1. The quantitative estimate of drug-likeness (QED) is 0.786. The van der Waals surface area contributed by atoms with Crippen molar-refractivity contribution in [3.05, 3.63) is 53.7 Å². The zero-order valence-corrected chi connectivity index (χ0v) is 8.93. The fourth-order valence-corrected chi connectivity index (χ4v) is 2.16. The molecule has 0 saturated carbocycles. The Labute approximate surface area is 94.5 Å². The maximum Gasteiger partial charge on any atom is 0.152 e. The number of nitrogen functional groups attached to an aromatic ring is 1. The summed E-state index contributed by atoms with van der Waals surface area (Å²) in [6.45, 7) is 1.80. The van der Waals surface area contributed by atoms with Gasteiger partial charge in [0.05, 0.1) is 5.69 Å². The number of pyridine rings is 1. The van der Waals surface area contributed by atoms with E-state index >= 15 is 0 Å². The topological polar surface area (TPSA) is 42.1 Å². The normalized spacial score (nSPS) is 13.9. The molecule has 0 atom stereocenters. The van der Waals surface area contributed by atoms with Crippen LogP contribution >= 0.6 is 0 Å². The highest BCUT2D eigenvalue weighted by atomic mass is 15.2. The summed E-state index contributed by atoms with van der Waals surface area (Å²) in [5.74, 6) is 0.888. The first kappa shape index (κ1) is 9.21. The molecule has 0 fully saturated rings. The molecule has 0 saturated heterocycles. The molecule has 2 aromatic rings. The van der Waals surface area contributed by atoms with Crippen LogP contribution in [0.5, 0.6) is 0 Å². The van der Waals surface area contributed by atoms with Crippen molar-refractivity contribution >= 4 is 11.5 Å². The average Bonchev–Trinajstić information content (AvgIpc) is 2.73. The second-order valence-electron chi connectivity index (χ2n) is 4.04. The minimum absolute atomic E-state index is 0.746. The van der Waals surface area contributed by atoms with E-state index in [0.29, 0.717) is 0 Å². The lowest BCUT2D eigenvalue weighted by molar-refractivity contribution is 0.859. The lowest BCUT2D eigenvalue weighted by Gasteiger charge is -2.17. The number of rotatable bonds is 1. The summed E-state index contributed by atoms with van der Waals surface area (Å²) >= 11 is 0. The number of fused-ring (bicyclic) bond motifs is 1. The number of hydrogen-bond acceptors (Lipinski definition) is 3. The number of anilines is 2. The highest BCUT2D eigenvalue weighted by Gasteiger charge is 2.20. The Balaban J connectivity index is 1.95. The number of aromatic nitrogens is 1. The third kappa shape index (κ3) is 1.41. The molecule has 0 aliphatic carbocycles. The molecular weight excluding hydrogens is 198 g/mol. The first-order valence-electron chi connectivity index (χ1n) is 5.37. The number of nitrogens with zero attached hydrogens (tertiary/aromatic N) is 2. The van der Waals surface area contributed by atoms with Crippen molar-refractivity contribution in [2.75, 3.05) is 10.6 Å². The van der Waals surface area contributed by atoms with Crippen LogP contribution in [-0.4, -0.2) is 4.98 Å². The smallest absolute Gasteiger partial charge is 0.152 e. The van der Waals surface area contributed by atoms with Gasteiger partial charge in [-0.15, -0.1) is 0 Å². The maximum atomic E-state index is 5.93. The van der Waals surface area contributed by atoms with Crippen LogP contribution in [-0.2, 0) is 13.1 Å². The van der Waals surface area contributed by atoms with Gasteiger partial charge >= 0.3 is 0 Å². The van der Waals surface area contributed by atoms with E-state index in [2.05, 4.69) is 34.1 Å². The lowest BCUT2D eigenvalue weighted by Crippen LogP contribution is -2.17. The molecule has 80 valence electrons. The summed E-state index contributed by atoms with van der Waals surface area (Å²) in [5, 5.41) is 0. The van der Waals surface area contributed by atoms with Crippen LogP contribution in [0.25, 0.3) is 0 Å². The van der Waals surface area contributed by atoms with E-state index in [4.69, 9.17) is 5.73 Å². The molecule has 1 aromatic carbocycles. The van der Waals surface area contributed by atoms with Crippen molar-refractivity contribution in [1.29, 1.82) is 0 Å². The lowest BCUT2D eigenvalue weighted by atomic mass is 10.1. The molecule has 0 bridgehead atoms. The molecule has 1 aliphatic heterocycles. The standard InChI is InChI=1S/C13H13N3/c14-12-6-3-7-15-13(12)16-8-10-4-1-2-5-11(10)9-16/h1-7H,8-9,14H2. The van der Waals surface area contributed by atoms with Gasteiger partial charge in [-0.2, -0.15) is 0 Å². The van der Waals surface area contributed by atoms with Gasteiger partial charge in [-0.3, -0.25) is 0 Å². The van der Waals surface area contributed by atoms with Crippen LogP contribution in [0, 0.1) is 0 Å². The summed E-state index contributed by atoms with van der Waals surface area (Å²) in [6.07, 6.45) is 1.79. The van der Waals surface area contributed by atoms with Crippen LogP contribution < -0.4 is 10.6 Å². The van der Waals surface area contributed by atoms with Crippen LogP contribution in [0.15, 0.2) is 42.6 Å². The number of benzene rings is 1. The van der Waals surface area contributed by atoms with Gasteiger partial charge in [-0.05, 0) is 23.3 Å². The second-order valence-corrected chi connectivity index (χ2v) is 4.04. The summed E-state index contributed by atoms with van der Waals surface area (Å²) in [7, 11) is 0. The Morgan fingerprint density at radius 1 is 1.00 bits per heavy atom. The molecule has 1 aromatic heterocycles. The molecule has 3 heteroatoms. The molecule has 0 spiro atoms. The molecule has 0 radical (unpaired) electrons. The monoisotopic (exact) mass is 211 g/mol. The van der Waals surface area contributed by atoms with E-state index in [1.807, 2.05) is 12.1 Å².